The Hall–Kier alpha value is -2.08. The molecule has 1 aliphatic carbocycles. The number of aromatic nitrogens is 1. The van der Waals surface area contributed by atoms with Crippen molar-refractivity contribution < 1.29 is 0 Å². The predicted octanol–water partition coefficient (Wildman–Crippen LogP) is 4.12. The number of fused-ring (bicyclic) bond motifs is 1. The lowest BCUT2D eigenvalue weighted by Gasteiger charge is -2.28. The lowest BCUT2D eigenvalue weighted by atomic mass is 9.89. The molecule has 0 unspecified atom stereocenters. The SMILES string of the molecule is CN(CC1CCCCC1)c1cc(C#N)c2ccccc2n1. The van der Waals surface area contributed by atoms with Gasteiger partial charge in [0.2, 0.25) is 0 Å². The molecule has 2 aromatic rings. The molecule has 0 spiro atoms. The van der Waals surface area contributed by atoms with Crippen LogP contribution in [0, 0.1) is 17.2 Å². The first kappa shape index (κ1) is 13.9. The molecule has 0 amide bonds. The summed E-state index contributed by atoms with van der Waals surface area (Å²) in [6.07, 6.45) is 6.74. The highest BCUT2D eigenvalue weighted by atomic mass is 15.2. The zero-order valence-electron chi connectivity index (χ0n) is 12.5. The van der Waals surface area contributed by atoms with Gasteiger partial charge in [0.1, 0.15) is 5.82 Å². The van der Waals surface area contributed by atoms with E-state index in [2.05, 4.69) is 18.0 Å². The Kier molecular flexibility index (Phi) is 4.06. The zero-order valence-corrected chi connectivity index (χ0v) is 12.5. The second-order valence-electron chi connectivity index (χ2n) is 6.04. The predicted molar refractivity (Wildman–Crippen MR) is 86.3 cm³/mol. The first-order valence-corrected chi connectivity index (χ1v) is 7.79. The van der Waals surface area contributed by atoms with E-state index in [1.54, 1.807) is 0 Å². The number of nitrogens with zero attached hydrogens (tertiary/aromatic N) is 3. The molecule has 0 saturated heterocycles. The number of hydrogen-bond donors (Lipinski definition) is 0. The minimum atomic E-state index is 0.714. The zero-order chi connectivity index (χ0) is 14.7. The van der Waals surface area contributed by atoms with E-state index in [1.165, 1.54) is 32.1 Å². The molecule has 0 radical (unpaired) electrons. The summed E-state index contributed by atoms with van der Waals surface area (Å²) in [6, 6.07) is 12.1. The summed E-state index contributed by atoms with van der Waals surface area (Å²) in [4.78, 5) is 6.94. The summed E-state index contributed by atoms with van der Waals surface area (Å²) in [6.45, 7) is 1.04. The molecule has 3 heteroatoms. The normalized spacial score (nSPS) is 15.8. The molecule has 1 fully saturated rings. The third-order valence-corrected chi connectivity index (χ3v) is 4.47. The molecule has 0 atom stereocenters. The fourth-order valence-corrected chi connectivity index (χ4v) is 3.30. The van der Waals surface area contributed by atoms with Crippen molar-refractivity contribution in [1.82, 2.24) is 4.98 Å². The fourth-order valence-electron chi connectivity index (χ4n) is 3.30. The Morgan fingerprint density at radius 1 is 1.24 bits per heavy atom. The van der Waals surface area contributed by atoms with Crippen molar-refractivity contribution in [1.29, 1.82) is 5.26 Å². The van der Waals surface area contributed by atoms with Crippen LogP contribution in [0.25, 0.3) is 10.9 Å². The van der Waals surface area contributed by atoms with Gasteiger partial charge in [-0.3, -0.25) is 0 Å². The Bertz CT molecular complexity index is 666. The van der Waals surface area contributed by atoms with Crippen molar-refractivity contribution in [3.05, 3.63) is 35.9 Å². The molecule has 3 nitrogen and oxygen atoms in total. The van der Waals surface area contributed by atoms with Crippen LogP contribution in [0.5, 0.6) is 0 Å². The largest absolute Gasteiger partial charge is 0.359 e. The molecular formula is C18H21N3. The van der Waals surface area contributed by atoms with E-state index >= 15 is 0 Å². The molecular weight excluding hydrogens is 258 g/mol. The van der Waals surface area contributed by atoms with Crippen molar-refractivity contribution in [2.24, 2.45) is 5.92 Å². The van der Waals surface area contributed by atoms with Crippen molar-refractivity contribution in [2.75, 3.05) is 18.5 Å². The molecule has 0 bridgehead atoms. The van der Waals surface area contributed by atoms with Gasteiger partial charge in [0.25, 0.3) is 0 Å². The van der Waals surface area contributed by atoms with Gasteiger partial charge in [0.15, 0.2) is 0 Å². The maximum Gasteiger partial charge on any atom is 0.130 e. The van der Waals surface area contributed by atoms with Gasteiger partial charge < -0.3 is 4.90 Å². The van der Waals surface area contributed by atoms with Gasteiger partial charge in [-0.25, -0.2) is 4.98 Å². The van der Waals surface area contributed by atoms with Gasteiger partial charge in [-0.2, -0.15) is 5.26 Å². The van der Waals surface area contributed by atoms with Crippen LogP contribution < -0.4 is 4.90 Å². The summed E-state index contributed by atoms with van der Waals surface area (Å²) in [7, 11) is 2.09. The van der Waals surface area contributed by atoms with Gasteiger partial charge in [0.05, 0.1) is 17.1 Å². The maximum atomic E-state index is 9.37. The fraction of sp³-hybridized carbons (Fsp3) is 0.444. The molecule has 1 heterocycles. The monoisotopic (exact) mass is 279 g/mol. The summed E-state index contributed by atoms with van der Waals surface area (Å²) in [5.74, 6) is 1.68. The first-order valence-electron chi connectivity index (χ1n) is 7.79. The number of hydrogen-bond acceptors (Lipinski definition) is 3. The third kappa shape index (κ3) is 3.00. The second kappa shape index (κ2) is 6.13. The summed E-state index contributed by atoms with van der Waals surface area (Å²) < 4.78 is 0. The standard InChI is InChI=1S/C18H21N3/c1-21(13-14-7-3-2-4-8-14)18-11-15(12-19)16-9-5-6-10-17(16)20-18/h5-6,9-11,14H,2-4,7-8,13H2,1H3. The van der Waals surface area contributed by atoms with Gasteiger partial charge >= 0.3 is 0 Å². The van der Waals surface area contributed by atoms with Crippen molar-refractivity contribution in [3.63, 3.8) is 0 Å². The Labute approximate surface area is 126 Å². The highest BCUT2D eigenvalue weighted by Crippen LogP contribution is 2.27. The van der Waals surface area contributed by atoms with Crippen LogP contribution in [-0.2, 0) is 0 Å². The van der Waals surface area contributed by atoms with E-state index in [9.17, 15) is 5.26 Å². The highest BCUT2D eigenvalue weighted by molar-refractivity contribution is 5.86. The summed E-state index contributed by atoms with van der Waals surface area (Å²) >= 11 is 0. The van der Waals surface area contributed by atoms with Crippen molar-refractivity contribution in [3.8, 4) is 6.07 Å². The lowest BCUT2D eigenvalue weighted by molar-refractivity contribution is 0.361. The molecule has 1 aromatic heterocycles. The molecule has 1 aromatic carbocycles. The maximum absolute atomic E-state index is 9.37. The van der Waals surface area contributed by atoms with Crippen LogP contribution in [0.3, 0.4) is 0 Å². The van der Waals surface area contributed by atoms with Crippen LogP contribution in [0.4, 0.5) is 5.82 Å². The quantitative estimate of drug-likeness (QED) is 0.848. The smallest absolute Gasteiger partial charge is 0.130 e. The van der Waals surface area contributed by atoms with E-state index in [0.717, 1.165) is 29.2 Å². The molecule has 1 aliphatic rings. The van der Waals surface area contributed by atoms with Crippen LogP contribution in [-0.4, -0.2) is 18.6 Å². The Balaban J connectivity index is 1.87. The van der Waals surface area contributed by atoms with E-state index in [-0.39, 0.29) is 0 Å². The molecule has 1 saturated carbocycles. The van der Waals surface area contributed by atoms with Crippen molar-refractivity contribution in [2.45, 2.75) is 32.1 Å². The van der Waals surface area contributed by atoms with E-state index in [0.29, 0.717) is 5.56 Å². The van der Waals surface area contributed by atoms with Gasteiger partial charge in [-0.05, 0) is 30.9 Å². The van der Waals surface area contributed by atoms with Crippen LogP contribution >= 0.6 is 0 Å². The van der Waals surface area contributed by atoms with Crippen LogP contribution in [0.1, 0.15) is 37.7 Å². The number of para-hydroxylation sites is 1. The number of nitriles is 1. The van der Waals surface area contributed by atoms with Crippen molar-refractivity contribution >= 4 is 16.7 Å². The molecule has 3 rings (SSSR count). The molecule has 0 aliphatic heterocycles. The first-order chi connectivity index (χ1) is 10.3. The molecule has 21 heavy (non-hydrogen) atoms. The minimum Gasteiger partial charge on any atom is -0.359 e. The average Bonchev–Trinajstić information content (AvgIpc) is 2.54. The Morgan fingerprint density at radius 2 is 2.00 bits per heavy atom. The molecule has 0 N–H and O–H groups in total. The van der Waals surface area contributed by atoms with Crippen LogP contribution in [0.2, 0.25) is 0 Å². The number of rotatable bonds is 3. The van der Waals surface area contributed by atoms with Crippen LogP contribution in [0.15, 0.2) is 30.3 Å². The summed E-state index contributed by atoms with van der Waals surface area (Å²) in [5.41, 5.74) is 1.62. The van der Waals surface area contributed by atoms with E-state index in [4.69, 9.17) is 4.98 Å². The average molecular weight is 279 g/mol. The number of pyridine rings is 1. The van der Waals surface area contributed by atoms with Gasteiger partial charge in [0, 0.05) is 19.0 Å². The minimum absolute atomic E-state index is 0.714. The van der Waals surface area contributed by atoms with E-state index < -0.39 is 0 Å². The van der Waals surface area contributed by atoms with E-state index in [1.807, 2.05) is 30.3 Å². The number of anilines is 1. The molecule has 108 valence electrons. The third-order valence-electron chi connectivity index (χ3n) is 4.47. The lowest BCUT2D eigenvalue weighted by Crippen LogP contribution is -2.27. The highest BCUT2D eigenvalue weighted by Gasteiger charge is 2.17. The van der Waals surface area contributed by atoms with Gasteiger partial charge in [-0.15, -0.1) is 0 Å². The van der Waals surface area contributed by atoms with Gasteiger partial charge in [-0.1, -0.05) is 37.5 Å². The number of benzene rings is 1. The topological polar surface area (TPSA) is 39.9 Å². The second-order valence-corrected chi connectivity index (χ2v) is 6.04. The summed E-state index contributed by atoms with van der Waals surface area (Å²) in [5, 5.41) is 10.3. The Morgan fingerprint density at radius 3 is 2.76 bits per heavy atom.